The Bertz CT molecular complexity index is 550. The first-order valence-electron chi connectivity index (χ1n) is 8.99. The number of amides is 3. The molecule has 140 valence electrons. The zero-order valence-corrected chi connectivity index (χ0v) is 15.8. The van der Waals surface area contributed by atoms with Gasteiger partial charge in [0.2, 0.25) is 0 Å². The number of urea groups is 1. The third-order valence-corrected chi connectivity index (χ3v) is 4.06. The SMILES string of the molecule is CCCN(CCC)C(=O)c1ccc(NC(=O)NC[C@](C)(O)CC)cc1. The van der Waals surface area contributed by atoms with Crippen LogP contribution in [0.2, 0.25) is 0 Å². The average Bonchev–Trinajstić information content (AvgIpc) is 2.60. The number of aliphatic hydroxyl groups is 1. The van der Waals surface area contributed by atoms with E-state index in [0.29, 0.717) is 17.7 Å². The van der Waals surface area contributed by atoms with Crippen LogP contribution < -0.4 is 10.6 Å². The summed E-state index contributed by atoms with van der Waals surface area (Å²) in [5, 5.41) is 15.2. The standard InChI is InChI=1S/C19H31N3O3/c1-5-12-22(13-6-2)17(23)15-8-10-16(11-9-15)21-18(24)20-14-19(4,25)7-3/h8-11,25H,5-7,12-14H2,1-4H3,(H2,20,21,24)/t19-/m1/s1. The smallest absolute Gasteiger partial charge is 0.319 e. The summed E-state index contributed by atoms with van der Waals surface area (Å²) in [6, 6.07) is 6.48. The zero-order chi connectivity index (χ0) is 18.9. The predicted molar refractivity (Wildman–Crippen MR) is 101 cm³/mol. The Morgan fingerprint density at radius 1 is 1.08 bits per heavy atom. The van der Waals surface area contributed by atoms with E-state index < -0.39 is 5.60 Å². The first-order chi connectivity index (χ1) is 11.8. The lowest BCUT2D eigenvalue weighted by atomic mass is 10.0. The van der Waals surface area contributed by atoms with Crippen LogP contribution in [0.3, 0.4) is 0 Å². The molecule has 0 saturated carbocycles. The van der Waals surface area contributed by atoms with Gasteiger partial charge in [-0.2, -0.15) is 0 Å². The van der Waals surface area contributed by atoms with E-state index in [2.05, 4.69) is 24.5 Å². The van der Waals surface area contributed by atoms with E-state index in [4.69, 9.17) is 0 Å². The van der Waals surface area contributed by atoms with E-state index in [-0.39, 0.29) is 18.5 Å². The van der Waals surface area contributed by atoms with Crippen molar-refractivity contribution in [2.45, 2.75) is 52.6 Å². The van der Waals surface area contributed by atoms with Gasteiger partial charge in [0, 0.05) is 30.9 Å². The predicted octanol–water partition coefficient (Wildman–Crippen LogP) is 3.23. The summed E-state index contributed by atoms with van der Waals surface area (Å²) in [6.45, 7) is 9.30. The Balaban J connectivity index is 2.63. The van der Waals surface area contributed by atoms with Crippen LogP contribution in [0.25, 0.3) is 0 Å². The number of hydrogen-bond acceptors (Lipinski definition) is 3. The van der Waals surface area contributed by atoms with Gasteiger partial charge < -0.3 is 20.6 Å². The molecule has 1 aromatic carbocycles. The van der Waals surface area contributed by atoms with Gasteiger partial charge in [0.1, 0.15) is 0 Å². The Kier molecular flexibility index (Phi) is 8.41. The summed E-state index contributed by atoms with van der Waals surface area (Å²) in [6.07, 6.45) is 2.40. The van der Waals surface area contributed by atoms with Crippen LogP contribution in [-0.2, 0) is 0 Å². The lowest BCUT2D eigenvalue weighted by Crippen LogP contribution is -2.41. The maximum Gasteiger partial charge on any atom is 0.319 e. The van der Waals surface area contributed by atoms with Crippen molar-refractivity contribution in [3.05, 3.63) is 29.8 Å². The summed E-state index contributed by atoms with van der Waals surface area (Å²) in [5.74, 6) is 0.0127. The molecule has 0 bridgehead atoms. The number of anilines is 1. The molecule has 0 spiro atoms. The van der Waals surface area contributed by atoms with Crippen molar-refractivity contribution in [3.8, 4) is 0 Å². The maximum atomic E-state index is 12.5. The average molecular weight is 349 g/mol. The van der Waals surface area contributed by atoms with E-state index in [0.717, 1.165) is 25.9 Å². The Hall–Kier alpha value is -2.08. The molecule has 0 aliphatic heterocycles. The molecule has 1 aromatic rings. The molecule has 0 aromatic heterocycles. The third kappa shape index (κ3) is 7.13. The highest BCUT2D eigenvalue weighted by molar-refractivity contribution is 5.95. The Morgan fingerprint density at radius 3 is 2.12 bits per heavy atom. The Labute approximate surface area is 150 Å². The number of hydrogen-bond donors (Lipinski definition) is 3. The normalized spacial score (nSPS) is 13.0. The van der Waals surface area contributed by atoms with Gasteiger partial charge in [-0.05, 0) is 50.5 Å². The van der Waals surface area contributed by atoms with Gasteiger partial charge in [-0.15, -0.1) is 0 Å². The number of rotatable bonds is 9. The molecule has 0 unspecified atom stereocenters. The van der Waals surface area contributed by atoms with E-state index in [1.54, 1.807) is 31.2 Å². The fourth-order valence-electron chi connectivity index (χ4n) is 2.30. The quantitative estimate of drug-likeness (QED) is 0.640. The molecule has 25 heavy (non-hydrogen) atoms. The lowest BCUT2D eigenvalue weighted by molar-refractivity contribution is 0.0587. The molecule has 0 aliphatic rings. The van der Waals surface area contributed by atoms with Crippen molar-refractivity contribution >= 4 is 17.6 Å². The second-order valence-electron chi connectivity index (χ2n) is 6.53. The van der Waals surface area contributed by atoms with Crippen molar-refractivity contribution < 1.29 is 14.7 Å². The molecular weight excluding hydrogens is 318 g/mol. The number of nitrogens with one attached hydrogen (secondary N) is 2. The van der Waals surface area contributed by atoms with Crippen molar-refractivity contribution in [2.75, 3.05) is 25.0 Å². The van der Waals surface area contributed by atoms with E-state index in [1.807, 2.05) is 11.8 Å². The second-order valence-corrected chi connectivity index (χ2v) is 6.53. The Morgan fingerprint density at radius 2 is 1.64 bits per heavy atom. The van der Waals surface area contributed by atoms with Crippen LogP contribution in [0, 0.1) is 0 Å². The highest BCUT2D eigenvalue weighted by atomic mass is 16.3. The van der Waals surface area contributed by atoms with E-state index in [9.17, 15) is 14.7 Å². The van der Waals surface area contributed by atoms with Crippen LogP contribution in [0.4, 0.5) is 10.5 Å². The molecule has 0 fully saturated rings. The van der Waals surface area contributed by atoms with Crippen molar-refractivity contribution in [3.63, 3.8) is 0 Å². The van der Waals surface area contributed by atoms with E-state index >= 15 is 0 Å². The fourth-order valence-corrected chi connectivity index (χ4v) is 2.30. The molecule has 3 N–H and O–H groups in total. The van der Waals surface area contributed by atoms with Crippen LogP contribution in [0.5, 0.6) is 0 Å². The fraction of sp³-hybridized carbons (Fsp3) is 0.579. The highest BCUT2D eigenvalue weighted by Gasteiger charge is 2.18. The number of carbonyl (C=O) groups is 2. The molecule has 0 radical (unpaired) electrons. The largest absolute Gasteiger partial charge is 0.388 e. The van der Waals surface area contributed by atoms with Gasteiger partial charge in [-0.3, -0.25) is 4.79 Å². The molecule has 1 atom stereocenters. The molecular formula is C19H31N3O3. The van der Waals surface area contributed by atoms with Gasteiger partial charge in [0.15, 0.2) is 0 Å². The molecule has 3 amide bonds. The molecule has 1 rings (SSSR count). The van der Waals surface area contributed by atoms with Crippen LogP contribution in [-0.4, -0.2) is 47.2 Å². The van der Waals surface area contributed by atoms with Crippen LogP contribution in [0.15, 0.2) is 24.3 Å². The number of carbonyl (C=O) groups excluding carboxylic acids is 2. The summed E-state index contributed by atoms with van der Waals surface area (Å²) in [7, 11) is 0. The number of nitrogens with zero attached hydrogens (tertiary/aromatic N) is 1. The minimum absolute atomic E-state index is 0.0127. The van der Waals surface area contributed by atoms with E-state index in [1.165, 1.54) is 0 Å². The van der Waals surface area contributed by atoms with Crippen LogP contribution in [0.1, 0.15) is 57.3 Å². The topological polar surface area (TPSA) is 81.7 Å². The summed E-state index contributed by atoms with van der Waals surface area (Å²) in [4.78, 5) is 26.2. The molecule has 6 nitrogen and oxygen atoms in total. The van der Waals surface area contributed by atoms with Crippen molar-refractivity contribution in [1.82, 2.24) is 10.2 Å². The van der Waals surface area contributed by atoms with Crippen LogP contribution >= 0.6 is 0 Å². The lowest BCUT2D eigenvalue weighted by Gasteiger charge is -2.22. The molecule has 6 heteroatoms. The summed E-state index contributed by atoms with van der Waals surface area (Å²) >= 11 is 0. The van der Waals surface area contributed by atoms with Crippen molar-refractivity contribution in [2.24, 2.45) is 0 Å². The van der Waals surface area contributed by atoms with Gasteiger partial charge in [0.25, 0.3) is 5.91 Å². The monoisotopic (exact) mass is 349 g/mol. The first kappa shape index (κ1) is 21.0. The second kappa shape index (κ2) is 10.0. The molecule has 0 aliphatic carbocycles. The molecule has 0 heterocycles. The highest BCUT2D eigenvalue weighted by Crippen LogP contribution is 2.13. The minimum atomic E-state index is -0.921. The summed E-state index contributed by atoms with van der Waals surface area (Å²) in [5.41, 5.74) is 0.291. The summed E-state index contributed by atoms with van der Waals surface area (Å²) < 4.78 is 0. The van der Waals surface area contributed by atoms with Crippen molar-refractivity contribution in [1.29, 1.82) is 0 Å². The van der Waals surface area contributed by atoms with Gasteiger partial charge >= 0.3 is 6.03 Å². The zero-order valence-electron chi connectivity index (χ0n) is 15.8. The molecule has 0 saturated heterocycles. The van der Waals surface area contributed by atoms with Gasteiger partial charge in [0.05, 0.1) is 5.60 Å². The van der Waals surface area contributed by atoms with Gasteiger partial charge in [-0.25, -0.2) is 4.79 Å². The third-order valence-electron chi connectivity index (χ3n) is 4.06. The first-order valence-corrected chi connectivity index (χ1v) is 8.99. The number of benzene rings is 1. The minimum Gasteiger partial charge on any atom is -0.388 e. The maximum absolute atomic E-state index is 12.5. The van der Waals surface area contributed by atoms with Gasteiger partial charge in [-0.1, -0.05) is 20.8 Å².